The number of amides is 1. The number of rotatable bonds is 7. The minimum absolute atomic E-state index is 0.324. The molecule has 1 N–H and O–H groups in total. The molecule has 7 nitrogen and oxygen atoms in total. The molecule has 0 aliphatic heterocycles. The Morgan fingerprint density at radius 1 is 1.00 bits per heavy atom. The van der Waals surface area contributed by atoms with E-state index in [1.54, 1.807) is 36.4 Å². The summed E-state index contributed by atoms with van der Waals surface area (Å²) in [5, 5.41) is 3.22. The minimum atomic E-state index is -0.419. The van der Waals surface area contributed by atoms with Gasteiger partial charge in [0.15, 0.2) is 5.13 Å². The van der Waals surface area contributed by atoms with Crippen LogP contribution in [-0.4, -0.2) is 37.2 Å². The molecule has 0 aliphatic rings. The van der Waals surface area contributed by atoms with Crippen molar-refractivity contribution in [1.29, 1.82) is 0 Å². The number of nitrogens with one attached hydrogen (secondary N) is 1. The molecule has 3 aromatic rings. The van der Waals surface area contributed by atoms with Crippen LogP contribution in [0.3, 0.4) is 0 Å². The predicted molar refractivity (Wildman–Crippen MR) is 108 cm³/mol. The van der Waals surface area contributed by atoms with Gasteiger partial charge in [-0.25, -0.2) is 9.78 Å². The Morgan fingerprint density at radius 2 is 1.68 bits per heavy atom. The molecular weight excluding hydrogens is 380 g/mol. The molecule has 0 aliphatic carbocycles. The van der Waals surface area contributed by atoms with Gasteiger partial charge in [0.2, 0.25) is 0 Å². The molecule has 0 unspecified atom stereocenters. The van der Waals surface area contributed by atoms with E-state index < -0.39 is 5.97 Å². The number of fused-ring (bicyclic) bond motifs is 1. The fourth-order valence-electron chi connectivity index (χ4n) is 2.60. The van der Waals surface area contributed by atoms with Gasteiger partial charge in [-0.1, -0.05) is 11.3 Å². The van der Waals surface area contributed by atoms with Crippen molar-refractivity contribution in [3.8, 4) is 11.5 Å². The van der Waals surface area contributed by atoms with Crippen LogP contribution in [0.1, 0.15) is 34.6 Å². The monoisotopic (exact) mass is 400 g/mol. The number of hydrogen-bond acceptors (Lipinski definition) is 7. The van der Waals surface area contributed by atoms with Crippen LogP contribution in [0.2, 0.25) is 0 Å². The molecule has 0 saturated heterocycles. The fourth-order valence-corrected chi connectivity index (χ4v) is 3.50. The number of aromatic nitrogens is 1. The number of methoxy groups -OCH3 is 1. The maximum Gasteiger partial charge on any atom is 0.337 e. The Kier molecular flexibility index (Phi) is 6.10. The van der Waals surface area contributed by atoms with E-state index in [9.17, 15) is 9.59 Å². The number of esters is 1. The van der Waals surface area contributed by atoms with Gasteiger partial charge < -0.3 is 14.2 Å². The quantitative estimate of drug-likeness (QED) is 0.600. The van der Waals surface area contributed by atoms with E-state index in [-0.39, 0.29) is 5.91 Å². The highest BCUT2D eigenvalue weighted by atomic mass is 32.1. The van der Waals surface area contributed by atoms with Crippen molar-refractivity contribution in [1.82, 2.24) is 4.98 Å². The first-order chi connectivity index (χ1) is 13.5. The summed E-state index contributed by atoms with van der Waals surface area (Å²) in [6.45, 7) is 4.71. The number of hydrogen-bond donors (Lipinski definition) is 1. The van der Waals surface area contributed by atoms with Crippen LogP contribution in [0.25, 0.3) is 10.2 Å². The first kappa shape index (κ1) is 19.6. The lowest BCUT2D eigenvalue weighted by Gasteiger charge is -2.10. The molecule has 0 radical (unpaired) electrons. The van der Waals surface area contributed by atoms with Crippen LogP contribution >= 0.6 is 11.3 Å². The number of carbonyl (C=O) groups excluding carboxylic acids is 2. The van der Waals surface area contributed by atoms with Crippen molar-refractivity contribution in [3.05, 3.63) is 47.5 Å². The molecule has 0 spiro atoms. The summed E-state index contributed by atoms with van der Waals surface area (Å²) >= 11 is 1.28. The Bertz CT molecular complexity index is 991. The molecule has 0 fully saturated rings. The van der Waals surface area contributed by atoms with Gasteiger partial charge in [-0.3, -0.25) is 10.1 Å². The number of thiazole rings is 1. The summed E-state index contributed by atoms with van der Waals surface area (Å²) in [5.41, 5.74) is 1.53. The van der Waals surface area contributed by atoms with Crippen molar-refractivity contribution in [2.45, 2.75) is 13.8 Å². The first-order valence-electron chi connectivity index (χ1n) is 8.75. The molecule has 1 amide bonds. The van der Waals surface area contributed by atoms with Crippen LogP contribution < -0.4 is 14.8 Å². The van der Waals surface area contributed by atoms with E-state index in [2.05, 4.69) is 10.3 Å². The SMILES string of the molecule is CCOc1cc(OCC)cc(C(=O)Nc2nc3ccc(C(=O)OC)cc3s2)c1. The molecule has 0 bridgehead atoms. The predicted octanol–water partition coefficient (Wildman–Crippen LogP) is 4.13. The molecule has 28 heavy (non-hydrogen) atoms. The van der Waals surface area contributed by atoms with Gasteiger partial charge in [0.1, 0.15) is 11.5 Å². The summed E-state index contributed by atoms with van der Waals surface area (Å²) in [4.78, 5) is 28.8. The summed E-state index contributed by atoms with van der Waals surface area (Å²) in [7, 11) is 1.33. The minimum Gasteiger partial charge on any atom is -0.494 e. The molecule has 1 aromatic heterocycles. The van der Waals surface area contributed by atoms with Crippen molar-refractivity contribution in [2.75, 3.05) is 25.6 Å². The number of nitrogens with zero attached hydrogens (tertiary/aromatic N) is 1. The van der Waals surface area contributed by atoms with Crippen LogP contribution in [0.4, 0.5) is 5.13 Å². The normalized spacial score (nSPS) is 10.5. The average molecular weight is 400 g/mol. The maximum atomic E-state index is 12.7. The maximum absolute atomic E-state index is 12.7. The first-order valence-corrected chi connectivity index (χ1v) is 9.56. The summed E-state index contributed by atoms with van der Waals surface area (Å²) in [6, 6.07) is 10.1. The van der Waals surface area contributed by atoms with Gasteiger partial charge in [0.25, 0.3) is 5.91 Å². The van der Waals surface area contributed by atoms with Gasteiger partial charge in [0, 0.05) is 11.6 Å². The highest BCUT2D eigenvalue weighted by Crippen LogP contribution is 2.28. The van der Waals surface area contributed by atoms with Crippen molar-refractivity contribution in [3.63, 3.8) is 0 Å². The molecule has 1 heterocycles. The largest absolute Gasteiger partial charge is 0.494 e. The third-order valence-corrected chi connectivity index (χ3v) is 4.73. The average Bonchev–Trinajstić information content (AvgIpc) is 3.09. The molecular formula is C20H20N2O5S. The van der Waals surface area contributed by atoms with E-state index in [4.69, 9.17) is 14.2 Å². The van der Waals surface area contributed by atoms with Crippen molar-refractivity contribution < 1.29 is 23.8 Å². The van der Waals surface area contributed by atoms with Crippen LogP contribution in [-0.2, 0) is 4.74 Å². The Morgan fingerprint density at radius 3 is 2.29 bits per heavy atom. The molecule has 0 atom stereocenters. The van der Waals surface area contributed by atoms with E-state index >= 15 is 0 Å². The van der Waals surface area contributed by atoms with Crippen molar-refractivity contribution >= 4 is 38.6 Å². The number of ether oxygens (including phenoxy) is 3. The van der Waals surface area contributed by atoms with E-state index in [1.165, 1.54) is 18.4 Å². The highest BCUT2D eigenvalue weighted by Gasteiger charge is 2.14. The Balaban J connectivity index is 1.85. The molecule has 3 rings (SSSR count). The van der Waals surface area contributed by atoms with Gasteiger partial charge >= 0.3 is 5.97 Å². The molecule has 146 valence electrons. The second-order valence-corrected chi connectivity index (χ2v) is 6.74. The van der Waals surface area contributed by atoms with Gasteiger partial charge in [-0.05, 0) is 44.2 Å². The lowest BCUT2D eigenvalue weighted by Crippen LogP contribution is -2.12. The van der Waals surface area contributed by atoms with Gasteiger partial charge in [0.05, 0.1) is 36.1 Å². The van der Waals surface area contributed by atoms with Crippen LogP contribution in [0.5, 0.6) is 11.5 Å². The van der Waals surface area contributed by atoms with Gasteiger partial charge in [-0.15, -0.1) is 0 Å². The zero-order valence-corrected chi connectivity index (χ0v) is 16.6. The van der Waals surface area contributed by atoms with E-state index in [0.717, 1.165) is 4.70 Å². The zero-order valence-electron chi connectivity index (χ0n) is 15.8. The second-order valence-electron chi connectivity index (χ2n) is 5.71. The summed E-state index contributed by atoms with van der Waals surface area (Å²) in [6.07, 6.45) is 0. The topological polar surface area (TPSA) is 86.8 Å². The van der Waals surface area contributed by atoms with Gasteiger partial charge in [-0.2, -0.15) is 0 Å². The zero-order chi connectivity index (χ0) is 20.1. The van der Waals surface area contributed by atoms with Crippen LogP contribution in [0.15, 0.2) is 36.4 Å². The lowest BCUT2D eigenvalue weighted by molar-refractivity contribution is 0.0601. The fraction of sp³-hybridized carbons (Fsp3) is 0.250. The summed E-state index contributed by atoms with van der Waals surface area (Å²) < 4.78 is 16.5. The number of anilines is 1. The Labute approximate surface area is 166 Å². The van der Waals surface area contributed by atoms with E-state index in [0.29, 0.717) is 46.5 Å². The molecule has 0 saturated carbocycles. The third-order valence-electron chi connectivity index (χ3n) is 3.79. The smallest absolute Gasteiger partial charge is 0.337 e. The summed E-state index contributed by atoms with van der Waals surface area (Å²) in [5.74, 6) is 0.378. The lowest BCUT2D eigenvalue weighted by atomic mass is 10.2. The third kappa shape index (κ3) is 4.40. The number of carbonyl (C=O) groups is 2. The van der Waals surface area contributed by atoms with Crippen molar-refractivity contribution in [2.24, 2.45) is 0 Å². The van der Waals surface area contributed by atoms with E-state index in [1.807, 2.05) is 13.8 Å². The highest BCUT2D eigenvalue weighted by molar-refractivity contribution is 7.22. The van der Waals surface area contributed by atoms with Crippen LogP contribution in [0, 0.1) is 0 Å². The molecule has 2 aromatic carbocycles. The Hall–Kier alpha value is -3.13. The number of benzene rings is 2. The second kappa shape index (κ2) is 8.71. The standard InChI is InChI=1S/C20H20N2O5S/c1-4-26-14-8-13(9-15(11-14)27-5-2)18(23)22-20-21-16-7-6-12(19(24)25-3)10-17(16)28-20/h6-11H,4-5H2,1-3H3,(H,21,22,23). The molecule has 8 heteroatoms.